The average Bonchev–Trinajstić information content (AvgIpc) is 3.15. The number of carboxylic acids is 1. The van der Waals surface area contributed by atoms with Gasteiger partial charge in [0.05, 0.1) is 12.0 Å². The van der Waals surface area contributed by atoms with Crippen LogP contribution in [0, 0.1) is 0 Å². The van der Waals surface area contributed by atoms with Crippen molar-refractivity contribution in [3.63, 3.8) is 0 Å². The largest absolute Gasteiger partial charge is 0.548 e. The van der Waals surface area contributed by atoms with Gasteiger partial charge >= 0.3 is 0 Å². The van der Waals surface area contributed by atoms with E-state index in [4.69, 9.17) is 11.6 Å². The van der Waals surface area contributed by atoms with E-state index in [1.165, 1.54) is 28.0 Å². The van der Waals surface area contributed by atoms with E-state index in [0.29, 0.717) is 16.3 Å². The molecule has 0 unspecified atom stereocenters. The number of thiophene rings is 1. The van der Waals surface area contributed by atoms with Crippen LogP contribution in [0.1, 0.15) is 20.6 Å². The number of amides is 1. The topological polar surface area (TPSA) is 60.4 Å². The van der Waals surface area contributed by atoms with Crippen LogP contribution in [0.5, 0.6) is 0 Å². The fourth-order valence-electron chi connectivity index (χ4n) is 2.36. The standard InChI is InChI=1S/C15H12ClNO3S2/c16-10-4-1-3-9(7-10)13(18)17-11(15(19)20)8-22-14(17)12-5-2-6-21-12/h1-7,11,14H,8H2,(H,19,20)/p-1/t11-,14-/m1/s1. The Hall–Kier alpha value is -1.50. The number of carboxylic acid groups (broad SMARTS) is 1. The summed E-state index contributed by atoms with van der Waals surface area (Å²) in [5.74, 6) is -1.26. The third-order valence-corrected chi connectivity index (χ3v) is 5.98. The normalized spacial score (nSPS) is 21.0. The van der Waals surface area contributed by atoms with Gasteiger partial charge in [-0.2, -0.15) is 0 Å². The number of hydrogen-bond donors (Lipinski definition) is 0. The van der Waals surface area contributed by atoms with E-state index in [1.807, 2.05) is 17.5 Å². The first-order valence-corrected chi connectivity index (χ1v) is 8.82. The Balaban J connectivity index is 1.98. The molecule has 2 aromatic rings. The fraction of sp³-hybridized carbons (Fsp3) is 0.200. The van der Waals surface area contributed by atoms with E-state index >= 15 is 0 Å². The summed E-state index contributed by atoms with van der Waals surface area (Å²) >= 11 is 8.86. The third kappa shape index (κ3) is 2.86. The molecule has 1 saturated heterocycles. The van der Waals surface area contributed by atoms with Crippen LogP contribution >= 0.6 is 34.7 Å². The first kappa shape index (κ1) is 15.4. The van der Waals surface area contributed by atoms with Crippen molar-refractivity contribution in [3.8, 4) is 0 Å². The summed E-state index contributed by atoms with van der Waals surface area (Å²) in [5.41, 5.74) is 0.378. The molecule has 22 heavy (non-hydrogen) atoms. The van der Waals surface area contributed by atoms with Crippen molar-refractivity contribution in [2.45, 2.75) is 11.4 Å². The van der Waals surface area contributed by atoms with E-state index in [1.54, 1.807) is 24.3 Å². The maximum atomic E-state index is 12.8. The maximum Gasteiger partial charge on any atom is 0.255 e. The van der Waals surface area contributed by atoms with Crippen molar-refractivity contribution >= 4 is 46.6 Å². The molecule has 1 aromatic heterocycles. The zero-order valence-corrected chi connectivity index (χ0v) is 13.7. The van der Waals surface area contributed by atoms with Gasteiger partial charge in [-0.25, -0.2) is 0 Å². The lowest BCUT2D eigenvalue weighted by molar-refractivity contribution is -0.310. The van der Waals surface area contributed by atoms with Crippen LogP contribution in [0.25, 0.3) is 0 Å². The number of carbonyl (C=O) groups excluding carboxylic acids is 2. The van der Waals surface area contributed by atoms with Gasteiger partial charge in [0, 0.05) is 21.2 Å². The summed E-state index contributed by atoms with van der Waals surface area (Å²) in [4.78, 5) is 26.5. The molecule has 7 heteroatoms. The van der Waals surface area contributed by atoms with Crippen molar-refractivity contribution in [3.05, 3.63) is 57.2 Å². The van der Waals surface area contributed by atoms with Gasteiger partial charge in [-0.1, -0.05) is 23.7 Å². The SMILES string of the molecule is O=C([O-])[C@H]1CS[C@H](c2cccs2)N1C(=O)c1cccc(Cl)c1. The molecular weight excluding hydrogens is 342 g/mol. The summed E-state index contributed by atoms with van der Waals surface area (Å²) < 4.78 is 0. The molecule has 0 radical (unpaired) electrons. The molecule has 4 nitrogen and oxygen atoms in total. The van der Waals surface area contributed by atoms with E-state index in [-0.39, 0.29) is 11.3 Å². The Morgan fingerprint density at radius 3 is 2.73 bits per heavy atom. The highest BCUT2D eigenvalue weighted by atomic mass is 35.5. The predicted molar refractivity (Wildman–Crippen MR) is 85.9 cm³/mol. The second kappa shape index (κ2) is 6.32. The highest BCUT2D eigenvalue weighted by molar-refractivity contribution is 7.99. The van der Waals surface area contributed by atoms with Crippen molar-refractivity contribution in [2.24, 2.45) is 0 Å². The molecular formula is C15H11ClNO3S2-. The molecule has 1 fully saturated rings. The van der Waals surface area contributed by atoms with Crippen LogP contribution < -0.4 is 5.11 Å². The molecule has 0 spiro atoms. The van der Waals surface area contributed by atoms with Gasteiger partial charge in [0.15, 0.2) is 0 Å². The number of hydrogen-bond acceptors (Lipinski definition) is 5. The van der Waals surface area contributed by atoms with Gasteiger partial charge in [-0.15, -0.1) is 23.1 Å². The molecule has 2 heterocycles. The molecule has 1 amide bonds. The number of thioether (sulfide) groups is 1. The van der Waals surface area contributed by atoms with Gasteiger partial charge < -0.3 is 14.8 Å². The molecule has 114 valence electrons. The summed E-state index contributed by atoms with van der Waals surface area (Å²) in [6.45, 7) is 0. The quantitative estimate of drug-likeness (QED) is 0.851. The minimum atomic E-state index is -1.23. The van der Waals surface area contributed by atoms with Crippen molar-refractivity contribution in [1.82, 2.24) is 4.90 Å². The Bertz CT molecular complexity index is 705. The van der Waals surface area contributed by atoms with Gasteiger partial charge in [0.1, 0.15) is 5.37 Å². The summed E-state index contributed by atoms with van der Waals surface area (Å²) in [6, 6.07) is 9.37. The number of rotatable bonds is 3. The highest BCUT2D eigenvalue weighted by Gasteiger charge is 2.40. The second-order valence-corrected chi connectivity index (χ2v) is 7.29. The number of nitrogens with zero attached hydrogens (tertiary/aromatic N) is 1. The van der Waals surface area contributed by atoms with Crippen LogP contribution in [0.3, 0.4) is 0 Å². The van der Waals surface area contributed by atoms with E-state index in [9.17, 15) is 14.7 Å². The summed E-state index contributed by atoms with van der Waals surface area (Å²) in [6.07, 6.45) is 0. The van der Waals surface area contributed by atoms with Crippen molar-refractivity contribution in [2.75, 3.05) is 5.75 Å². The molecule has 0 saturated carbocycles. The first-order chi connectivity index (χ1) is 10.6. The maximum absolute atomic E-state index is 12.8. The van der Waals surface area contributed by atoms with Crippen LogP contribution in [0.2, 0.25) is 5.02 Å². The van der Waals surface area contributed by atoms with Crippen LogP contribution in [-0.2, 0) is 4.79 Å². The lowest BCUT2D eigenvalue weighted by Gasteiger charge is -2.29. The van der Waals surface area contributed by atoms with E-state index in [2.05, 4.69) is 0 Å². The molecule has 2 atom stereocenters. The Morgan fingerprint density at radius 1 is 1.27 bits per heavy atom. The lowest BCUT2D eigenvalue weighted by atomic mass is 10.1. The van der Waals surface area contributed by atoms with Crippen LogP contribution in [0.4, 0.5) is 0 Å². The minimum absolute atomic E-state index is 0.311. The van der Waals surface area contributed by atoms with Crippen molar-refractivity contribution < 1.29 is 14.7 Å². The molecule has 1 aromatic carbocycles. The summed E-state index contributed by atoms with van der Waals surface area (Å²) in [5, 5.41) is 13.4. The zero-order chi connectivity index (χ0) is 15.7. The predicted octanol–water partition coefficient (Wildman–Crippen LogP) is 2.41. The smallest absolute Gasteiger partial charge is 0.255 e. The lowest BCUT2D eigenvalue weighted by Crippen LogP contribution is -2.48. The Morgan fingerprint density at radius 2 is 2.09 bits per heavy atom. The number of benzene rings is 1. The number of aliphatic carboxylic acids is 1. The van der Waals surface area contributed by atoms with Gasteiger partial charge in [0.2, 0.25) is 0 Å². The third-order valence-electron chi connectivity index (χ3n) is 3.37. The fourth-order valence-corrected chi connectivity index (χ4v) is 4.93. The van der Waals surface area contributed by atoms with Crippen molar-refractivity contribution in [1.29, 1.82) is 0 Å². The summed E-state index contributed by atoms with van der Waals surface area (Å²) in [7, 11) is 0. The highest BCUT2D eigenvalue weighted by Crippen LogP contribution is 2.43. The molecule has 3 rings (SSSR count). The van der Waals surface area contributed by atoms with Gasteiger partial charge in [-0.3, -0.25) is 4.79 Å². The monoisotopic (exact) mass is 352 g/mol. The van der Waals surface area contributed by atoms with E-state index < -0.39 is 12.0 Å². The van der Waals surface area contributed by atoms with Crippen LogP contribution in [-0.4, -0.2) is 28.6 Å². The zero-order valence-electron chi connectivity index (χ0n) is 11.3. The molecule has 0 bridgehead atoms. The second-order valence-electron chi connectivity index (χ2n) is 4.76. The molecule has 1 aliphatic rings. The van der Waals surface area contributed by atoms with Gasteiger partial charge in [0.25, 0.3) is 5.91 Å². The minimum Gasteiger partial charge on any atom is -0.548 e. The van der Waals surface area contributed by atoms with Crippen LogP contribution in [0.15, 0.2) is 41.8 Å². The molecule has 0 N–H and O–H groups in total. The van der Waals surface area contributed by atoms with Gasteiger partial charge in [-0.05, 0) is 29.6 Å². The Kier molecular flexibility index (Phi) is 4.42. The number of carbonyl (C=O) groups is 2. The average molecular weight is 353 g/mol. The first-order valence-electron chi connectivity index (χ1n) is 6.52. The van der Waals surface area contributed by atoms with E-state index in [0.717, 1.165) is 4.88 Å². The molecule has 0 aliphatic carbocycles. The number of halogens is 1. The molecule has 1 aliphatic heterocycles. The Labute approximate surface area is 140 Å².